The van der Waals surface area contributed by atoms with Crippen LogP contribution in [0.5, 0.6) is 5.75 Å². The van der Waals surface area contributed by atoms with Crippen LogP contribution in [0.25, 0.3) is 5.57 Å². The molecule has 0 fully saturated rings. The first-order valence-electron chi connectivity index (χ1n) is 6.18. The molecule has 0 spiro atoms. The average Bonchev–Trinajstić information content (AvgIpc) is 2.46. The lowest BCUT2D eigenvalue weighted by molar-refractivity contribution is 0.237. The van der Waals surface area contributed by atoms with Crippen LogP contribution >= 0.6 is 0 Å². The van der Waals surface area contributed by atoms with E-state index in [1.54, 1.807) is 44.5 Å². The number of nitriles is 1. The number of methoxy groups -OCH3 is 1. The normalized spacial score (nSPS) is 13.1. The first-order valence-corrected chi connectivity index (χ1v) is 6.18. The Kier molecular flexibility index (Phi) is 5.70. The van der Waals surface area contributed by atoms with Crippen molar-refractivity contribution >= 4 is 11.8 Å². The first kappa shape index (κ1) is 15.7. The number of benzene rings is 1. The maximum absolute atomic E-state index is 9.70. The van der Waals surface area contributed by atoms with Gasteiger partial charge in [0, 0.05) is 18.0 Å². The summed E-state index contributed by atoms with van der Waals surface area (Å²) in [5.41, 5.74) is 2.51. The van der Waals surface area contributed by atoms with E-state index in [1.165, 1.54) is 7.11 Å². The van der Waals surface area contributed by atoms with E-state index in [-0.39, 0.29) is 0 Å². The van der Waals surface area contributed by atoms with Crippen molar-refractivity contribution in [2.24, 2.45) is 4.99 Å². The molecule has 1 rings (SSSR count). The van der Waals surface area contributed by atoms with E-state index in [0.29, 0.717) is 22.5 Å². The van der Waals surface area contributed by atoms with Crippen molar-refractivity contribution < 1.29 is 9.84 Å². The van der Waals surface area contributed by atoms with Crippen molar-refractivity contribution in [3.63, 3.8) is 0 Å². The highest BCUT2D eigenvalue weighted by atomic mass is 16.5. The topological polar surface area (TPSA) is 65.6 Å². The molecular formula is C16H18N2O2. The minimum atomic E-state index is -0.685. The summed E-state index contributed by atoms with van der Waals surface area (Å²) in [4.78, 5) is 4.09. The van der Waals surface area contributed by atoms with E-state index in [2.05, 4.69) is 17.6 Å². The molecule has 0 aliphatic rings. The number of nitrogens with zero attached hydrogens (tertiary/aromatic N) is 2. The minimum absolute atomic E-state index is 0.456. The number of aliphatic hydroxyl groups excluding tert-OH is 1. The predicted molar refractivity (Wildman–Crippen MR) is 80.7 cm³/mol. The molecule has 4 nitrogen and oxygen atoms in total. The number of aliphatic hydroxyl groups is 1. The Morgan fingerprint density at radius 2 is 2.25 bits per heavy atom. The van der Waals surface area contributed by atoms with Crippen molar-refractivity contribution in [1.82, 2.24) is 0 Å². The van der Waals surface area contributed by atoms with Crippen molar-refractivity contribution in [3.8, 4) is 11.8 Å². The summed E-state index contributed by atoms with van der Waals surface area (Å²) in [6, 6.07) is 7.26. The van der Waals surface area contributed by atoms with Gasteiger partial charge >= 0.3 is 0 Å². The molecule has 0 aliphatic carbocycles. The van der Waals surface area contributed by atoms with Gasteiger partial charge in [0.2, 0.25) is 0 Å². The largest absolute Gasteiger partial charge is 0.495 e. The average molecular weight is 270 g/mol. The van der Waals surface area contributed by atoms with Crippen LogP contribution in [0.3, 0.4) is 0 Å². The number of aliphatic imine (C=N–C) groups is 1. The molecule has 20 heavy (non-hydrogen) atoms. The lowest BCUT2D eigenvalue weighted by atomic mass is 9.95. The lowest BCUT2D eigenvalue weighted by Gasteiger charge is -2.14. The SMILES string of the molecule is C=C(/C(=C\N=CC)c1ccc(C#N)c(OC)c1)C(C)O. The van der Waals surface area contributed by atoms with Gasteiger partial charge in [-0.15, -0.1) is 0 Å². The number of hydrogen-bond donors (Lipinski definition) is 1. The van der Waals surface area contributed by atoms with Crippen LogP contribution in [0, 0.1) is 11.3 Å². The third-order valence-electron chi connectivity index (χ3n) is 2.84. The first-order chi connectivity index (χ1) is 9.54. The van der Waals surface area contributed by atoms with Gasteiger partial charge in [0.05, 0.1) is 18.8 Å². The Morgan fingerprint density at radius 3 is 2.75 bits per heavy atom. The molecule has 104 valence electrons. The van der Waals surface area contributed by atoms with Crippen molar-refractivity contribution in [2.45, 2.75) is 20.0 Å². The highest BCUT2D eigenvalue weighted by molar-refractivity contribution is 5.81. The van der Waals surface area contributed by atoms with Crippen LogP contribution in [0.1, 0.15) is 25.0 Å². The van der Waals surface area contributed by atoms with Crippen LogP contribution < -0.4 is 4.74 Å². The van der Waals surface area contributed by atoms with Crippen molar-refractivity contribution in [3.05, 3.63) is 47.7 Å². The maximum atomic E-state index is 9.70. The Balaban J connectivity index is 3.36. The monoisotopic (exact) mass is 270 g/mol. The molecule has 0 heterocycles. The van der Waals surface area contributed by atoms with Crippen LogP contribution in [0.4, 0.5) is 0 Å². The number of hydrogen-bond acceptors (Lipinski definition) is 4. The van der Waals surface area contributed by atoms with E-state index in [1.807, 2.05) is 0 Å². The van der Waals surface area contributed by atoms with Crippen molar-refractivity contribution in [1.29, 1.82) is 5.26 Å². The summed E-state index contributed by atoms with van der Waals surface area (Å²) in [7, 11) is 1.51. The molecule has 0 bridgehead atoms. The van der Waals surface area contributed by atoms with E-state index >= 15 is 0 Å². The standard InChI is InChI=1S/C16H18N2O2/c1-5-18-10-15(11(2)12(3)19)13-6-7-14(9-17)16(8-13)20-4/h5-8,10,12,19H,2H2,1,3-4H3/b15-10+,18-5?. The Morgan fingerprint density at radius 1 is 1.55 bits per heavy atom. The highest BCUT2D eigenvalue weighted by Crippen LogP contribution is 2.29. The lowest BCUT2D eigenvalue weighted by Crippen LogP contribution is -2.05. The molecule has 4 heteroatoms. The van der Waals surface area contributed by atoms with Gasteiger partial charge in [-0.25, -0.2) is 0 Å². The molecule has 0 aromatic heterocycles. The predicted octanol–water partition coefficient (Wildman–Crippen LogP) is 2.94. The van der Waals surface area contributed by atoms with Gasteiger partial charge in [-0.3, -0.25) is 4.99 Å². The van der Waals surface area contributed by atoms with Gasteiger partial charge in [-0.2, -0.15) is 5.26 Å². The molecule has 1 aromatic rings. The van der Waals surface area contributed by atoms with Gasteiger partial charge in [0.25, 0.3) is 0 Å². The molecule has 0 amide bonds. The molecule has 1 N–H and O–H groups in total. The highest BCUT2D eigenvalue weighted by Gasteiger charge is 2.13. The second-order valence-electron chi connectivity index (χ2n) is 4.18. The van der Waals surface area contributed by atoms with Gasteiger partial charge in [0.1, 0.15) is 11.8 Å². The van der Waals surface area contributed by atoms with Gasteiger partial charge in [0.15, 0.2) is 0 Å². The fourth-order valence-corrected chi connectivity index (χ4v) is 1.67. The number of rotatable bonds is 5. The Bertz CT molecular complexity index is 593. The quantitative estimate of drug-likeness (QED) is 0.660. The van der Waals surface area contributed by atoms with Gasteiger partial charge < -0.3 is 9.84 Å². The zero-order valence-corrected chi connectivity index (χ0v) is 11.9. The maximum Gasteiger partial charge on any atom is 0.137 e. The van der Waals surface area contributed by atoms with Crippen LogP contribution in [-0.4, -0.2) is 24.5 Å². The second-order valence-corrected chi connectivity index (χ2v) is 4.18. The fourth-order valence-electron chi connectivity index (χ4n) is 1.67. The van der Waals surface area contributed by atoms with Crippen molar-refractivity contribution in [2.75, 3.05) is 7.11 Å². The smallest absolute Gasteiger partial charge is 0.137 e. The van der Waals surface area contributed by atoms with Gasteiger partial charge in [-0.05, 0) is 37.1 Å². The summed E-state index contributed by atoms with van der Waals surface area (Å²) in [6.07, 6.45) is 2.60. The molecular weight excluding hydrogens is 252 g/mol. The zero-order valence-electron chi connectivity index (χ0n) is 11.9. The summed E-state index contributed by atoms with van der Waals surface area (Å²) >= 11 is 0. The molecule has 1 atom stereocenters. The Hall–Kier alpha value is -2.38. The molecule has 0 saturated heterocycles. The fraction of sp³-hybridized carbons (Fsp3) is 0.250. The zero-order chi connectivity index (χ0) is 15.1. The summed E-state index contributed by atoms with van der Waals surface area (Å²) in [6.45, 7) is 7.33. The molecule has 1 unspecified atom stereocenters. The molecule has 0 aliphatic heterocycles. The Labute approximate surface area is 119 Å². The van der Waals surface area contributed by atoms with E-state index < -0.39 is 6.10 Å². The molecule has 1 aromatic carbocycles. The van der Waals surface area contributed by atoms with E-state index in [9.17, 15) is 5.11 Å². The summed E-state index contributed by atoms with van der Waals surface area (Å²) < 4.78 is 5.19. The minimum Gasteiger partial charge on any atom is -0.495 e. The molecule has 0 saturated carbocycles. The van der Waals surface area contributed by atoms with E-state index in [4.69, 9.17) is 10.00 Å². The summed E-state index contributed by atoms with van der Waals surface area (Å²) in [5, 5.41) is 18.7. The second kappa shape index (κ2) is 7.27. The molecule has 0 radical (unpaired) electrons. The third kappa shape index (κ3) is 3.56. The summed E-state index contributed by atoms with van der Waals surface area (Å²) in [5.74, 6) is 0.481. The van der Waals surface area contributed by atoms with Gasteiger partial charge in [-0.1, -0.05) is 12.6 Å². The van der Waals surface area contributed by atoms with Crippen LogP contribution in [-0.2, 0) is 0 Å². The number of ether oxygens (including phenoxy) is 1. The van der Waals surface area contributed by atoms with Crippen LogP contribution in [0.2, 0.25) is 0 Å². The third-order valence-corrected chi connectivity index (χ3v) is 2.84. The van der Waals surface area contributed by atoms with Crippen LogP contribution in [0.15, 0.2) is 41.5 Å². The van der Waals surface area contributed by atoms with E-state index in [0.717, 1.165) is 5.56 Å².